The minimum Gasteiger partial charge on any atom is -0.389 e. The summed E-state index contributed by atoms with van der Waals surface area (Å²) in [5.74, 6) is 0.455. The molecule has 21 heavy (non-hydrogen) atoms. The molecule has 0 spiro atoms. The quantitative estimate of drug-likeness (QED) is 0.679. The van der Waals surface area contributed by atoms with Gasteiger partial charge in [0.2, 0.25) is 0 Å². The highest BCUT2D eigenvalue weighted by Crippen LogP contribution is 2.35. The Morgan fingerprint density at radius 1 is 1.43 bits per heavy atom. The summed E-state index contributed by atoms with van der Waals surface area (Å²) in [6.45, 7) is 5.36. The van der Waals surface area contributed by atoms with E-state index in [0.29, 0.717) is 23.2 Å². The molecule has 116 valence electrons. The van der Waals surface area contributed by atoms with Gasteiger partial charge >= 0.3 is 0 Å². The second-order valence-electron chi connectivity index (χ2n) is 6.09. The summed E-state index contributed by atoms with van der Waals surface area (Å²) in [5.41, 5.74) is 1.28. The summed E-state index contributed by atoms with van der Waals surface area (Å²) in [6, 6.07) is 5.39. The van der Waals surface area contributed by atoms with Crippen molar-refractivity contribution in [2.75, 3.05) is 32.1 Å². The van der Waals surface area contributed by atoms with Gasteiger partial charge in [-0.1, -0.05) is 13.0 Å². The maximum atomic E-state index is 11.3. The summed E-state index contributed by atoms with van der Waals surface area (Å²) >= 11 is 0. The molecule has 1 N–H and O–H groups in total. The van der Waals surface area contributed by atoms with Crippen LogP contribution in [0.15, 0.2) is 18.2 Å². The van der Waals surface area contributed by atoms with Crippen molar-refractivity contribution < 1.29 is 10.0 Å². The molecule has 1 fully saturated rings. The maximum absolute atomic E-state index is 11.3. The van der Waals surface area contributed by atoms with E-state index in [9.17, 15) is 15.2 Å². The predicted molar refractivity (Wildman–Crippen MR) is 82.6 cm³/mol. The van der Waals surface area contributed by atoms with Crippen LogP contribution >= 0.6 is 0 Å². The number of nitro benzene ring substituents is 1. The van der Waals surface area contributed by atoms with Crippen LogP contribution in [0.4, 0.5) is 11.4 Å². The average Bonchev–Trinajstić information content (AvgIpc) is 2.80. The summed E-state index contributed by atoms with van der Waals surface area (Å²) in [7, 11) is 4.07. The van der Waals surface area contributed by atoms with Crippen LogP contribution in [0.1, 0.15) is 25.5 Å². The van der Waals surface area contributed by atoms with Crippen LogP contribution in [0.3, 0.4) is 0 Å². The van der Waals surface area contributed by atoms with Crippen LogP contribution in [-0.2, 0) is 0 Å². The van der Waals surface area contributed by atoms with E-state index >= 15 is 0 Å². The number of aliphatic hydroxyl groups is 1. The number of nitro groups is 1. The molecule has 0 aromatic heterocycles. The number of likely N-dealkylation sites (N-methyl/N-ethyl adjacent to an activating group) is 1. The van der Waals surface area contributed by atoms with E-state index in [1.54, 1.807) is 19.1 Å². The zero-order valence-electron chi connectivity index (χ0n) is 13.0. The molecule has 1 aromatic rings. The van der Waals surface area contributed by atoms with E-state index in [4.69, 9.17) is 0 Å². The minimum atomic E-state index is -0.704. The van der Waals surface area contributed by atoms with Crippen LogP contribution in [0.25, 0.3) is 0 Å². The molecule has 0 aliphatic carbocycles. The number of rotatable bonds is 4. The van der Waals surface area contributed by atoms with Gasteiger partial charge in [0.05, 0.1) is 11.0 Å². The Balaban J connectivity index is 2.34. The predicted octanol–water partition coefficient (Wildman–Crippen LogP) is 2.03. The van der Waals surface area contributed by atoms with Gasteiger partial charge in [-0.2, -0.15) is 0 Å². The van der Waals surface area contributed by atoms with Crippen molar-refractivity contribution in [2.24, 2.45) is 5.92 Å². The average molecular weight is 293 g/mol. The molecule has 1 heterocycles. The van der Waals surface area contributed by atoms with Crippen molar-refractivity contribution in [2.45, 2.75) is 26.0 Å². The number of hydrogen-bond acceptors (Lipinski definition) is 5. The molecule has 2 rings (SSSR count). The van der Waals surface area contributed by atoms with E-state index in [2.05, 4.69) is 16.7 Å². The van der Waals surface area contributed by atoms with Crippen molar-refractivity contribution in [1.82, 2.24) is 4.90 Å². The highest BCUT2D eigenvalue weighted by molar-refractivity contribution is 5.65. The van der Waals surface area contributed by atoms with Crippen molar-refractivity contribution in [1.29, 1.82) is 0 Å². The molecule has 1 saturated heterocycles. The van der Waals surface area contributed by atoms with Crippen LogP contribution in [-0.4, -0.2) is 48.2 Å². The topological polar surface area (TPSA) is 69.8 Å². The van der Waals surface area contributed by atoms with Gasteiger partial charge in [0.25, 0.3) is 5.69 Å². The fourth-order valence-corrected chi connectivity index (χ4v) is 3.03. The van der Waals surface area contributed by atoms with Gasteiger partial charge in [0.15, 0.2) is 0 Å². The summed E-state index contributed by atoms with van der Waals surface area (Å²) in [6.07, 6.45) is -0.704. The van der Waals surface area contributed by atoms with Crippen LogP contribution in [0.2, 0.25) is 0 Å². The molecule has 0 saturated carbocycles. The zero-order chi connectivity index (χ0) is 15.7. The van der Waals surface area contributed by atoms with E-state index in [1.165, 1.54) is 6.07 Å². The van der Waals surface area contributed by atoms with E-state index < -0.39 is 6.10 Å². The molecule has 6 nitrogen and oxygen atoms in total. The smallest absolute Gasteiger partial charge is 0.292 e. The number of benzene rings is 1. The van der Waals surface area contributed by atoms with Crippen molar-refractivity contribution in [3.8, 4) is 0 Å². The Hall–Kier alpha value is -1.66. The van der Waals surface area contributed by atoms with Gasteiger partial charge in [-0.15, -0.1) is 0 Å². The van der Waals surface area contributed by atoms with Gasteiger partial charge in [0, 0.05) is 25.2 Å². The monoisotopic (exact) mass is 293 g/mol. The number of anilines is 1. The fraction of sp³-hybridized carbons (Fsp3) is 0.600. The minimum absolute atomic E-state index is 0.0695. The normalized spacial score (nSPS) is 23.6. The third-order valence-electron chi connectivity index (χ3n) is 4.26. The fourth-order valence-electron chi connectivity index (χ4n) is 3.03. The van der Waals surface area contributed by atoms with Gasteiger partial charge in [-0.3, -0.25) is 10.1 Å². The highest BCUT2D eigenvalue weighted by Gasteiger charge is 2.34. The van der Waals surface area contributed by atoms with E-state index in [1.807, 2.05) is 14.1 Å². The molecule has 1 aromatic carbocycles. The Morgan fingerprint density at radius 3 is 2.57 bits per heavy atom. The van der Waals surface area contributed by atoms with Crippen molar-refractivity contribution in [3.05, 3.63) is 33.9 Å². The zero-order valence-corrected chi connectivity index (χ0v) is 13.0. The Labute approximate surface area is 125 Å². The van der Waals surface area contributed by atoms with Crippen LogP contribution in [0, 0.1) is 16.0 Å². The largest absolute Gasteiger partial charge is 0.389 e. The number of hydrogen-bond donors (Lipinski definition) is 1. The first-order chi connectivity index (χ1) is 9.81. The van der Waals surface area contributed by atoms with Crippen LogP contribution < -0.4 is 4.90 Å². The lowest BCUT2D eigenvalue weighted by atomic mass is 10.1. The Morgan fingerprint density at radius 2 is 2.10 bits per heavy atom. The molecule has 3 atom stereocenters. The molecular weight excluding hydrogens is 270 g/mol. The van der Waals surface area contributed by atoms with Gasteiger partial charge in [-0.25, -0.2) is 0 Å². The molecule has 2 unspecified atom stereocenters. The lowest BCUT2D eigenvalue weighted by molar-refractivity contribution is -0.384. The molecule has 1 aliphatic rings. The first kappa shape index (κ1) is 15.7. The Kier molecular flexibility index (Phi) is 4.49. The lowest BCUT2D eigenvalue weighted by Gasteiger charge is -2.23. The van der Waals surface area contributed by atoms with Crippen LogP contribution in [0.5, 0.6) is 0 Å². The Bertz CT molecular complexity index is 531. The molecule has 1 aliphatic heterocycles. The number of aliphatic hydroxyl groups excluding tert-OH is 1. The van der Waals surface area contributed by atoms with Crippen molar-refractivity contribution >= 4 is 11.4 Å². The molecule has 0 bridgehead atoms. The standard InChI is InChI=1S/C15H23N3O3/c1-10-8-17(9-15(10)16(3)4)13-6-5-12(11(2)19)7-14(13)18(20)21/h5-7,10-11,15,19H,8-9H2,1-4H3/t10?,11-,15?/m1/s1. The van der Waals surface area contributed by atoms with E-state index in [-0.39, 0.29) is 10.6 Å². The summed E-state index contributed by atoms with van der Waals surface area (Å²) in [5, 5.41) is 20.9. The lowest BCUT2D eigenvalue weighted by Crippen LogP contribution is -2.34. The van der Waals surface area contributed by atoms with Gasteiger partial charge in [-0.05, 0) is 38.6 Å². The second-order valence-corrected chi connectivity index (χ2v) is 6.09. The molecular formula is C15H23N3O3. The SMILES string of the molecule is CC1CN(c2ccc([C@@H](C)O)cc2[N+](=O)[O-])CC1N(C)C. The van der Waals surface area contributed by atoms with Gasteiger partial charge < -0.3 is 14.9 Å². The number of nitrogens with zero attached hydrogens (tertiary/aromatic N) is 3. The summed E-state index contributed by atoms with van der Waals surface area (Å²) in [4.78, 5) is 15.2. The molecule has 6 heteroatoms. The first-order valence-corrected chi connectivity index (χ1v) is 7.19. The third-order valence-corrected chi connectivity index (χ3v) is 4.26. The van der Waals surface area contributed by atoms with Crippen molar-refractivity contribution in [3.63, 3.8) is 0 Å². The van der Waals surface area contributed by atoms with E-state index in [0.717, 1.165) is 13.1 Å². The molecule has 0 radical (unpaired) electrons. The molecule has 0 amide bonds. The summed E-state index contributed by atoms with van der Waals surface area (Å²) < 4.78 is 0. The second kappa shape index (κ2) is 5.99. The third kappa shape index (κ3) is 3.16. The highest BCUT2D eigenvalue weighted by atomic mass is 16.6. The van der Waals surface area contributed by atoms with Gasteiger partial charge in [0.1, 0.15) is 5.69 Å². The first-order valence-electron chi connectivity index (χ1n) is 7.19. The maximum Gasteiger partial charge on any atom is 0.292 e.